The average Bonchev–Trinajstić information content (AvgIpc) is 2.45. The van der Waals surface area contributed by atoms with Crippen molar-refractivity contribution in [2.75, 3.05) is 0 Å². The van der Waals surface area contributed by atoms with Gasteiger partial charge in [0.2, 0.25) is 0 Å². The lowest BCUT2D eigenvalue weighted by Crippen LogP contribution is -2.10. The Balaban J connectivity index is 3.37. The Morgan fingerprint density at radius 3 is 1.70 bits per heavy atom. The molecule has 0 aliphatic heterocycles. The lowest BCUT2D eigenvalue weighted by molar-refractivity contribution is -0.122. The van der Waals surface area contributed by atoms with Crippen LogP contribution in [-0.4, -0.2) is 5.78 Å². The van der Waals surface area contributed by atoms with Crippen LogP contribution in [0.25, 0.3) is 0 Å². The van der Waals surface area contributed by atoms with Crippen LogP contribution in [0.4, 0.5) is 0 Å². The summed E-state index contributed by atoms with van der Waals surface area (Å²) in [4.78, 5) is 12.0. The van der Waals surface area contributed by atoms with Crippen LogP contribution in [0.2, 0.25) is 0 Å². The third-order valence-corrected chi connectivity index (χ3v) is 4.32. The van der Waals surface area contributed by atoms with Crippen molar-refractivity contribution in [2.45, 2.75) is 111 Å². The second-order valence-corrected chi connectivity index (χ2v) is 6.44. The SMILES string of the molecule is CCCCCCCCC(=O)C(C)CCCCCCCC. The molecule has 0 aromatic rings. The summed E-state index contributed by atoms with van der Waals surface area (Å²) in [6, 6.07) is 0. The van der Waals surface area contributed by atoms with E-state index < -0.39 is 0 Å². The van der Waals surface area contributed by atoms with Crippen LogP contribution < -0.4 is 0 Å². The molecule has 20 heavy (non-hydrogen) atoms. The minimum Gasteiger partial charge on any atom is -0.299 e. The normalized spacial score (nSPS) is 12.6. The number of ketones is 1. The molecule has 1 nitrogen and oxygen atoms in total. The Hall–Kier alpha value is -0.330. The van der Waals surface area contributed by atoms with E-state index in [4.69, 9.17) is 0 Å². The summed E-state index contributed by atoms with van der Waals surface area (Å²) in [5.74, 6) is 0.811. The van der Waals surface area contributed by atoms with Crippen LogP contribution in [0, 0.1) is 5.92 Å². The summed E-state index contributed by atoms with van der Waals surface area (Å²) < 4.78 is 0. The molecule has 0 saturated carbocycles. The van der Waals surface area contributed by atoms with Crippen molar-refractivity contribution in [1.29, 1.82) is 0 Å². The first-order valence-electron chi connectivity index (χ1n) is 9.25. The third kappa shape index (κ3) is 12.7. The molecule has 1 unspecified atom stereocenters. The van der Waals surface area contributed by atoms with E-state index in [0.717, 1.165) is 19.3 Å². The van der Waals surface area contributed by atoms with Crippen molar-refractivity contribution in [3.8, 4) is 0 Å². The maximum Gasteiger partial charge on any atom is 0.135 e. The van der Waals surface area contributed by atoms with Crippen LogP contribution in [0.5, 0.6) is 0 Å². The second-order valence-electron chi connectivity index (χ2n) is 6.44. The number of unbranched alkanes of at least 4 members (excludes halogenated alkanes) is 10. The van der Waals surface area contributed by atoms with E-state index in [1.807, 2.05) is 0 Å². The van der Waals surface area contributed by atoms with Crippen molar-refractivity contribution in [2.24, 2.45) is 5.92 Å². The number of Topliss-reactive ketones (excluding diaryl/α,β-unsaturated/α-hetero) is 1. The van der Waals surface area contributed by atoms with Gasteiger partial charge in [-0.25, -0.2) is 0 Å². The van der Waals surface area contributed by atoms with Gasteiger partial charge in [-0.05, 0) is 12.8 Å². The van der Waals surface area contributed by atoms with Crippen LogP contribution in [0.1, 0.15) is 111 Å². The van der Waals surface area contributed by atoms with Crippen LogP contribution in [0.3, 0.4) is 0 Å². The Kier molecular flexibility index (Phi) is 14.8. The summed E-state index contributed by atoms with van der Waals surface area (Å²) in [5, 5.41) is 0. The molecule has 0 radical (unpaired) electrons. The zero-order valence-corrected chi connectivity index (χ0v) is 14.4. The molecule has 0 spiro atoms. The number of rotatable bonds is 15. The topological polar surface area (TPSA) is 17.1 Å². The molecular weight excluding hydrogens is 244 g/mol. The van der Waals surface area contributed by atoms with Crippen molar-refractivity contribution >= 4 is 5.78 Å². The second kappa shape index (κ2) is 15.1. The molecule has 0 fully saturated rings. The first-order valence-corrected chi connectivity index (χ1v) is 9.25. The number of carbonyl (C=O) groups is 1. The molecular formula is C19H38O. The van der Waals surface area contributed by atoms with E-state index in [1.54, 1.807) is 0 Å². The highest BCUT2D eigenvalue weighted by atomic mass is 16.1. The average molecular weight is 283 g/mol. The summed E-state index contributed by atoms with van der Waals surface area (Å²) in [7, 11) is 0. The molecule has 0 aromatic heterocycles. The van der Waals surface area contributed by atoms with Gasteiger partial charge in [0.25, 0.3) is 0 Å². The maximum atomic E-state index is 12.0. The van der Waals surface area contributed by atoms with E-state index >= 15 is 0 Å². The van der Waals surface area contributed by atoms with Gasteiger partial charge in [0.15, 0.2) is 0 Å². The first-order chi connectivity index (χ1) is 9.72. The highest BCUT2D eigenvalue weighted by molar-refractivity contribution is 5.80. The van der Waals surface area contributed by atoms with E-state index in [0.29, 0.717) is 11.7 Å². The molecule has 0 aliphatic rings. The molecule has 0 bridgehead atoms. The summed E-state index contributed by atoms with van der Waals surface area (Å²) in [6.07, 6.45) is 17.6. The van der Waals surface area contributed by atoms with Crippen molar-refractivity contribution in [1.82, 2.24) is 0 Å². The van der Waals surface area contributed by atoms with Gasteiger partial charge in [-0.3, -0.25) is 4.79 Å². The fourth-order valence-corrected chi connectivity index (χ4v) is 2.72. The van der Waals surface area contributed by atoms with Crippen LogP contribution in [-0.2, 0) is 4.79 Å². The molecule has 0 N–H and O–H groups in total. The van der Waals surface area contributed by atoms with Gasteiger partial charge in [0.1, 0.15) is 5.78 Å². The smallest absolute Gasteiger partial charge is 0.135 e. The fourth-order valence-electron chi connectivity index (χ4n) is 2.72. The van der Waals surface area contributed by atoms with E-state index in [2.05, 4.69) is 20.8 Å². The molecule has 0 aliphatic carbocycles. The van der Waals surface area contributed by atoms with Gasteiger partial charge in [-0.15, -0.1) is 0 Å². The summed E-state index contributed by atoms with van der Waals surface area (Å²) >= 11 is 0. The highest BCUT2D eigenvalue weighted by Crippen LogP contribution is 2.16. The van der Waals surface area contributed by atoms with E-state index in [-0.39, 0.29) is 0 Å². The molecule has 0 aromatic carbocycles. The number of hydrogen-bond acceptors (Lipinski definition) is 1. The zero-order valence-electron chi connectivity index (χ0n) is 14.4. The minimum absolute atomic E-state index is 0.303. The van der Waals surface area contributed by atoms with Crippen LogP contribution >= 0.6 is 0 Å². The predicted molar refractivity (Wildman–Crippen MR) is 90.2 cm³/mol. The Morgan fingerprint density at radius 1 is 0.700 bits per heavy atom. The van der Waals surface area contributed by atoms with E-state index in [1.165, 1.54) is 70.6 Å². The van der Waals surface area contributed by atoms with Crippen molar-refractivity contribution in [3.05, 3.63) is 0 Å². The van der Waals surface area contributed by atoms with Crippen molar-refractivity contribution < 1.29 is 4.79 Å². The largest absolute Gasteiger partial charge is 0.299 e. The van der Waals surface area contributed by atoms with Crippen molar-refractivity contribution in [3.63, 3.8) is 0 Å². The highest BCUT2D eigenvalue weighted by Gasteiger charge is 2.11. The predicted octanol–water partition coefficient (Wildman–Crippen LogP) is 6.69. The lowest BCUT2D eigenvalue weighted by atomic mass is 9.94. The third-order valence-electron chi connectivity index (χ3n) is 4.32. The summed E-state index contributed by atoms with van der Waals surface area (Å²) in [6.45, 7) is 6.63. The maximum absolute atomic E-state index is 12.0. The fraction of sp³-hybridized carbons (Fsp3) is 0.947. The summed E-state index contributed by atoms with van der Waals surface area (Å²) in [5.41, 5.74) is 0. The molecule has 120 valence electrons. The molecule has 1 heteroatoms. The van der Waals surface area contributed by atoms with Crippen LogP contribution in [0.15, 0.2) is 0 Å². The van der Waals surface area contributed by atoms with E-state index in [9.17, 15) is 4.79 Å². The van der Waals surface area contributed by atoms with Gasteiger partial charge in [0, 0.05) is 12.3 Å². The molecule has 0 amide bonds. The zero-order chi connectivity index (χ0) is 15.1. The molecule has 1 atom stereocenters. The van der Waals surface area contributed by atoms with Gasteiger partial charge >= 0.3 is 0 Å². The Morgan fingerprint density at radius 2 is 1.15 bits per heavy atom. The number of carbonyl (C=O) groups excluding carboxylic acids is 1. The first kappa shape index (κ1) is 19.7. The number of hydrogen-bond donors (Lipinski definition) is 0. The molecule has 0 saturated heterocycles. The minimum atomic E-state index is 0.303. The van der Waals surface area contributed by atoms with Gasteiger partial charge in [-0.2, -0.15) is 0 Å². The van der Waals surface area contributed by atoms with Gasteiger partial charge in [0.05, 0.1) is 0 Å². The Bertz CT molecular complexity index is 210. The van der Waals surface area contributed by atoms with Gasteiger partial charge < -0.3 is 0 Å². The monoisotopic (exact) mass is 282 g/mol. The molecule has 0 heterocycles. The van der Waals surface area contributed by atoms with Gasteiger partial charge in [-0.1, -0.05) is 91.4 Å². The lowest BCUT2D eigenvalue weighted by Gasteiger charge is -2.10. The molecule has 0 rings (SSSR count). The Labute approximate surface area is 127 Å². The quantitative estimate of drug-likeness (QED) is 0.306. The standard InChI is InChI=1S/C19H38O/c1-4-6-8-10-12-14-16-18(3)19(20)17-15-13-11-9-7-5-2/h18H,4-17H2,1-3H3.